The Hall–Kier alpha value is -2.41. The molecular weight excluding hydrogens is 405 g/mol. The van der Waals surface area contributed by atoms with Crippen molar-refractivity contribution in [2.75, 3.05) is 0 Å². The number of halogens is 1. The molecule has 4 aromatic rings. The van der Waals surface area contributed by atoms with E-state index in [2.05, 4.69) is 4.98 Å². The Morgan fingerprint density at radius 1 is 1.04 bits per heavy atom. The lowest BCUT2D eigenvalue weighted by Gasteiger charge is -2.07. The average Bonchev–Trinajstić information content (AvgIpc) is 2.58. The second kappa shape index (κ2) is 5.34. The molecule has 0 aliphatic carbocycles. The maximum atomic E-state index is 12.9. The van der Waals surface area contributed by atoms with Crippen molar-refractivity contribution in [3.8, 4) is 16.9 Å². The zero-order valence-corrected chi connectivity index (χ0v) is 13.9. The zero-order chi connectivity index (χ0) is 16.0. The molecule has 0 spiro atoms. The molecule has 0 saturated heterocycles. The Balaban J connectivity index is 2.08. The van der Waals surface area contributed by atoms with Gasteiger partial charge in [-0.05, 0) is 40.8 Å². The summed E-state index contributed by atoms with van der Waals surface area (Å²) in [6.07, 6.45) is 3.14. The Labute approximate surface area is 144 Å². The first-order valence-corrected chi connectivity index (χ1v) is 8.02. The molecule has 0 saturated carbocycles. The lowest BCUT2D eigenvalue weighted by atomic mass is 10.0. The van der Waals surface area contributed by atoms with E-state index in [1.807, 2.05) is 52.9 Å². The van der Waals surface area contributed by atoms with E-state index in [-0.39, 0.29) is 11.2 Å². The number of benzene rings is 2. The van der Waals surface area contributed by atoms with Gasteiger partial charge in [0.2, 0.25) is 5.43 Å². The number of para-hydroxylation sites is 1. The van der Waals surface area contributed by atoms with Gasteiger partial charge in [-0.3, -0.25) is 9.78 Å². The largest absolute Gasteiger partial charge is 0.507 e. The van der Waals surface area contributed by atoms with Crippen LogP contribution >= 0.6 is 22.6 Å². The van der Waals surface area contributed by atoms with E-state index >= 15 is 0 Å². The molecule has 0 bridgehead atoms. The molecule has 112 valence electrons. The van der Waals surface area contributed by atoms with Crippen LogP contribution in [0.1, 0.15) is 0 Å². The van der Waals surface area contributed by atoms with Crippen LogP contribution in [0.4, 0.5) is 0 Å². The maximum Gasteiger partial charge on any atom is 0.200 e. The maximum absolute atomic E-state index is 12.9. The van der Waals surface area contributed by atoms with E-state index in [0.29, 0.717) is 20.1 Å². The highest BCUT2D eigenvalue weighted by Gasteiger charge is 2.15. The Morgan fingerprint density at radius 2 is 1.87 bits per heavy atom. The molecule has 0 radical (unpaired) electrons. The summed E-state index contributed by atoms with van der Waals surface area (Å²) < 4.78 is 6.17. The van der Waals surface area contributed by atoms with Crippen LogP contribution in [0.15, 0.2) is 64.1 Å². The topological polar surface area (TPSA) is 63.3 Å². The number of phenolic OH excluding ortho intramolecular Hbond substituents is 1. The molecule has 0 atom stereocenters. The highest BCUT2D eigenvalue weighted by Crippen LogP contribution is 2.30. The monoisotopic (exact) mass is 415 g/mol. The fourth-order valence-electron chi connectivity index (χ4n) is 2.66. The van der Waals surface area contributed by atoms with E-state index in [9.17, 15) is 9.90 Å². The van der Waals surface area contributed by atoms with Crippen LogP contribution in [0.5, 0.6) is 5.75 Å². The normalized spacial score (nSPS) is 11.2. The summed E-state index contributed by atoms with van der Waals surface area (Å²) >= 11 is 1.96. The number of pyridine rings is 1. The van der Waals surface area contributed by atoms with E-state index in [1.54, 1.807) is 12.3 Å². The van der Waals surface area contributed by atoms with Gasteiger partial charge >= 0.3 is 0 Å². The lowest BCUT2D eigenvalue weighted by Crippen LogP contribution is -2.06. The molecule has 0 fully saturated rings. The van der Waals surface area contributed by atoms with Gasteiger partial charge < -0.3 is 9.52 Å². The number of fused-ring (bicyclic) bond motifs is 2. The van der Waals surface area contributed by atoms with Gasteiger partial charge in [0.15, 0.2) is 5.58 Å². The third-order valence-corrected chi connectivity index (χ3v) is 4.83. The molecule has 5 heteroatoms. The number of hydrogen-bond acceptors (Lipinski definition) is 4. The first kappa shape index (κ1) is 14.2. The van der Waals surface area contributed by atoms with Crippen LogP contribution in [-0.4, -0.2) is 10.1 Å². The minimum absolute atomic E-state index is 0.0980. The third-order valence-electron chi connectivity index (χ3n) is 3.78. The SMILES string of the molecule is O=c1c(-c2cccc3cccnc23)coc2c(I)c(O)ccc12. The van der Waals surface area contributed by atoms with Crippen molar-refractivity contribution >= 4 is 44.5 Å². The molecule has 2 aromatic heterocycles. The molecule has 23 heavy (non-hydrogen) atoms. The number of nitrogens with zero attached hydrogens (tertiary/aromatic N) is 1. The van der Waals surface area contributed by atoms with Crippen molar-refractivity contribution < 1.29 is 9.52 Å². The predicted octanol–water partition coefficient (Wildman–Crippen LogP) is 4.32. The van der Waals surface area contributed by atoms with Crippen LogP contribution in [-0.2, 0) is 0 Å². The van der Waals surface area contributed by atoms with E-state index < -0.39 is 0 Å². The molecule has 4 nitrogen and oxygen atoms in total. The van der Waals surface area contributed by atoms with E-state index in [4.69, 9.17) is 4.42 Å². The summed E-state index contributed by atoms with van der Waals surface area (Å²) in [5, 5.41) is 11.2. The van der Waals surface area contributed by atoms with E-state index in [1.165, 1.54) is 12.3 Å². The Bertz CT molecular complexity index is 1110. The van der Waals surface area contributed by atoms with Gasteiger partial charge in [-0.2, -0.15) is 0 Å². The molecule has 0 aliphatic rings. The summed E-state index contributed by atoms with van der Waals surface area (Å²) in [7, 11) is 0. The van der Waals surface area contributed by atoms with Crippen molar-refractivity contribution in [2.24, 2.45) is 0 Å². The van der Waals surface area contributed by atoms with Crippen molar-refractivity contribution in [2.45, 2.75) is 0 Å². The van der Waals surface area contributed by atoms with Crippen molar-refractivity contribution in [1.82, 2.24) is 4.98 Å². The molecule has 2 aromatic carbocycles. The number of aromatic hydroxyl groups is 1. The standard InChI is InChI=1S/C18H10INO3/c19-15-14(21)7-6-12-17(22)13(9-23-18(12)15)11-5-1-3-10-4-2-8-20-16(10)11/h1-9,21H. The second-order valence-corrected chi connectivity index (χ2v) is 6.21. The molecule has 0 aliphatic heterocycles. The molecular formula is C18H10INO3. The number of aromatic nitrogens is 1. The van der Waals surface area contributed by atoms with Gasteiger partial charge in [-0.1, -0.05) is 24.3 Å². The minimum Gasteiger partial charge on any atom is -0.507 e. The molecule has 4 rings (SSSR count). The number of hydrogen-bond donors (Lipinski definition) is 1. The lowest BCUT2D eigenvalue weighted by molar-refractivity contribution is 0.470. The molecule has 0 amide bonds. The Morgan fingerprint density at radius 3 is 2.74 bits per heavy atom. The quantitative estimate of drug-likeness (QED) is 0.471. The van der Waals surface area contributed by atoms with Crippen molar-refractivity contribution in [3.05, 3.63) is 68.7 Å². The van der Waals surface area contributed by atoms with Crippen molar-refractivity contribution in [3.63, 3.8) is 0 Å². The summed E-state index contributed by atoms with van der Waals surface area (Å²) in [6, 6.07) is 12.6. The summed E-state index contributed by atoms with van der Waals surface area (Å²) in [4.78, 5) is 17.3. The van der Waals surface area contributed by atoms with Crippen LogP contribution in [0.2, 0.25) is 0 Å². The van der Waals surface area contributed by atoms with Crippen LogP contribution in [0, 0.1) is 3.57 Å². The zero-order valence-electron chi connectivity index (χ0n) is 11.8. The predicted molar refractivity (Wildman–Crippen MR) is 97.6 cm³/mol. The number of rotatable bonds is 1. The highest BCUT2D eigenvalue weighted by atomic mass is 127. The van der Waals surface area contributed by atoms with Gasteiger partial charge in [0.25, 0.3) is 0 Å². The van der Waals surface area contributed by atoms with Gasteiger partial charge in [-0.15, -0.1) is 0 Å². The fourth-order valence-corrected chi connectivity index (χ4v) is 3.26. The molecule has 2 heterocycles. The van der Waals surface area contributed by atoms with Gasteiger partial charge in [0.05, 0.1) is 20.0 Å². The van der Waals surface area contributed by atoms with Gasteiger partial charge in [-0.25, -0.2) is 0 Å². The number of phenols is 1. The third kappa shape index (κ3) is 2.19. The van der Waals surface area contributed by atoms with Crippen LogP contribution < -0.4 is 5.43 Å². The summed E-state index contributed by atoms with van der Waals surface area (Å²) in [5.74, 6) is 0.0980. The fraction of sp³-hybridized carbons (Fsp3) is 0. The Kier molecular flexibility index (Phi) is 3.30. The summed E-state index contributed by atoms with van der Waals surface area (Å²) in [6.45, 7) is 0. The first-order chi connectivity index (χ1) is 11.2. The first-order valence-electron chi connectivity index (χ1n) is 6.94. The molecule has 1 N–H and O–H groups in total. The highest BCUT2D eigenvalue weighted by molar-refractivity contribution is 14.1. The minimum atomic E-state index is -0.137. The smallest absolute Gasteiger partial charge is 0.200 e. The van der Waals surface area contributed by atoms with Gasteiger partial charge in [0, 0.05) is 17.1 Å². The second-order valence-electron chi connectivity index (χ2n) is 5.13. The average molecular weight is 415 g/mol. The molecule has 0 unspecified atom stereocenters. The van der Waals surface area contributed by atoms with E-state index in [0.717, 1.165) is 16.5 Å². The van der Waals surface area contributed by atoms with Crippen LogP contribution in [0.3, 0.4) is 0 Å². The summed E-state index contributed by atoms with van der Waals surface area (Å²) in [5.41, 5.74) is 2.22. The van der Waals surface area contributed by atoms with Crippen molar-refractivity contribution in [1.29, 1.82) is 0 Å². The van der Waals surface area contributed by atoms with Crippen LogP contribution in [0.25, 0.3) is 33.0 Å². The van der Waals surface area contributed by atoms with Gasteiger partial charge in [0.1, 0.15) is 12.0 Å².